The van der Waals surface area contributed by atoms with Crippen LogP contribution in [0.15, 0.2) is 0 Å². The number of carbonyl (C=O) groups excluding carboxylic acids is 1. The van der Waals surface area contributed by atoms with Crippen LogP contribution in [-0.4, -0.2) is 43.7 Å². The molecule has 0 aliphatic rings. The number of aliphatic hydroxyl groups excluding tert-OH is 1. The molecular formula is C10H19FO4. The van der Waals surface area contributed by atoms with Gasteiger partial charge < -0.3 is 14.6 Å². The molecule has 1 N–H and O–H groups in total. The first kappa shape index (κ1) is 14.3. The lowest BCUT2D eigenvalue weighted by Crippen LogP contribution is -2.24. The van der Waals surface area contributed by atoms with Crippen LogP contribution >= 0.6 is 0 Å². The van der Waals surface area contributed by atoms with E-state index in [0.29, 0.717) is 6.61 Å². The van der Waals surface area contributed by atoms with Crippen molar-refractivity contribution < 1.29 is 23.8 Å². The van der Waals surface area contributed by atoms with Gasteiger partial charge in [-0.1, -0.05) is 13.3 Å². The number of carbonyl (C=O) groups is 1. The van der Waals surface area contributed by atoms with Crippen molar-refractivity contribution in [1.82, 2.24) is 0 Å². The molecule has 0 spiro atoms. The van der Waals surface area contributed by atoms with Gasteiger partial charge in [-0.05, 0) is 6.42 Å². The molecular weight excluding hydrogens is 203 g/mol. The Morgan fingerprint density at radius 1 is 1.47 bits per heavy atom. The highest BCUT2D eigenvalue weighted by molar-refractivity contribution is 5.69. The quantitative estimate of drug-likeness (QED) is 0.468. The SMILES string of the molecule is CCCCOCC(O)COC(=O)CCF. The van der Waals surface area contributed by atoms with Gasteiger partial charge in [0, 0.05) is 6.61 Å². The van der Waals surface area contributed by atoms with Crippen molar-refractivity contribution >= 4 is 5.97 Å². The molecule has 0 heterocycles. The summed E-state index contributed by atoms with van der Waals surface area (Å²) in [7, 11) is 0. The van der Waals surface area contributed by atoms with Gasteiger partial charge in [0.25, 0.3) is 0 Å². The van der Waals surface area contributed by atoms with Crippen LogP contribution in [0.5, 0.6) is 0 Å². The molecule has 90 valence electrons. The average molecular weight is 222 g/mol. The summed E-state index contributed by atoms with van der Waals surface area (Å²) in [5.41, 5.74) is 0. The van der Waals surface area contributed by atoms with Crippen molar-refractivity contribution in [1.29, 1.82) is 0 Å². The Morgan fingerprint density at radius 3 is 2.80 bits per heavy atom. The normalized spacial score (nSPS) is 12.5. The standard InChI is InChI=1S/C10H19FO4/c1-2-3-6-14-7-9(12)8-15-10(13)4-5-11/h9,12H,2-8H2,1H3. The van der Waals surface area contributed by atoms with Gasteiger partial charge in [0.2, 0.25) is 0 Å². The highest BCUT2D eigenvalue weighted by Crippen LogP contribution is 1.94. The summed E-state index contributed by atoms with van der Waals surface area (Å²) < 4.78 is 21.4. The van der Waals surface area contributed by atoms with Gasteiger partial charge in [0.1, 0.15) is 12.7 Å². The monoisotopic (exact) mass is 222 g/mol. The van der Waals surface area contributed by atoms with Crippen molar-refractivity contribution in [2.45, 2.75) is 32.3 Å². The zero-order valence-electron chi connectivity index (χ0n) is 9.08. The smallest absolute Gasteiger partial charge is 0.308 e. The molecule has 0 saturated heterocycles. The van der Waals surface area contributed by atoms with Crippen molar-refractivity contribution in [2.24, 2.45) is 0 Å². The van der Waals surface area contributed by atoms with Crippen LogP contribution < -0.4 is 0 Å². The molecule has 4 nitrogen and oxygen atoms in total. The summed E-state index contributed by atoms with van der Waals surface area (Å²) in [6.45, 7) is 1.90. The third-order valence-electron chi connectivity index (χ3n) is 1.69. The summed E-state index contributed by atoms with van der Waals surface area (Å²) >= 11 is 0. The van der Waals surface area contributed by atoms with E-state index >= 15 is 0 Å². The lowest BCUT2D eigenvalue weighted by molar-refractivity contribution is -0.148. The molecule has 5 heteroatoms. The second-order valence-corrected chi connectivity index (χ2v) is 3.20. The molecule has 0 fully saturated rings. The Morgan fingerprint density at radius 2 is 2.20 bits per heavy atom. The van der Waals surface area contributed by atoms with Crippen LogP contribution in [0.4, 0.5) is 4.39 Å². The molecule has 0 saturated carbocycles. The van der Waals surface area contributed by atoms with Crippen molar-refractivity contribution in [3.63, 3.8) is 0 Å². The van der Waals surface area contributed by atoms with Crippen molar-refractivity contribution in [3.05, 3.63) is 0 Å². The zero-order valence-corrected chi connectivity index (χ0v) is 9.08. The number of alkyl halides is 1. The van der Waals surface area contributed by atoms with Gasteiger partial charge in [0.15, 0.2) is 0 Å². The van der Waals surface area contributed by atoms with Crippen LogP contribution in [0.1, 0.15) is 26.2 Å². The number of unbranched alkanes of at least 4 members (excludes halogenated alkanes) is 1. The zero-order chi connectivity index (χ0) is 11.5. The minimum atomic E-state index is -0.828. The summed E-state index contributed by atoms with van der Waals surface area (Å²) in [6.07, 6.45) is 0.879. The van der Waals surface area contributed by atoms with Gasteiger partial charge in [-0.3, -0.25) is 9.18 Å². The molecule has 15 heavy (non-hydrogen) atoms. The van der Waals surface area contributed by atoms with Crippen molar-refractivity contribution in [2.75, 3.05) is 26.5 Å². The first-order valence-corrected chi connectivity index (χ1v) is 5.18. The Bertz CT molecular complexity index is 164. The Kier molecular flexibility index (Phi) is 9.41. The molecule has 1 atom stereocenters. The fourth-order valence-corrected chi connectivity index (χ4v) is 0.852. The second kappa shape index (κ2) is 9.86. The minimum Gasteiger partial charge on any atom is -0.463 e. The van der Waals surface area contributed by atoms with E-state index in [1.807, 2.05) is 6.92 Å². The highest BCUT2D eigenvalue weighted by Gasteiger charge is 2.08. The van der Waals surface area contributed by atoms with E-state index in [9.17, 15) is 14.3 Å². The summed E-state index contributed by atoms with van der Waals surface area (Å²) in [5.74, 6) is -0.634. The third kappa shape index (κ3) is 9.62. The molecule has 0 radical (unpaired) electrons. The van der Waals surface area contributed by atoms with E-state index < -0.39 is 18.7 Å². The van der Waals surface area contributed by atoms with Crippen molar-refractivity contribution in [3.8, 4) is 0 Å². The van der Waals surface area contributed by atoms with Gasteiger partial charge in [-0.2, -0.15) is 0 Å². The molecule has 0 rings (SSSR count). The number of hydrogen-bond acceptors (Lipinski definition) is 4. The number of aliphatic hydroxyl groups is 1. The van der Waals surface area contributed by atoms with Crippen LogP contribution in [0, 0.1) is 0 Å². The maximum atomic E-state index is 11.7. The summed E-state index contributed by atoms with van der Waals surface area (Å²) in [4.78, 5) is 10.7. The molecule has 0 aromatic carbocycles. The first-order valence-electron chi connectivity index (χ1n) is 5.18. The second-order valence-electron chi connectivity index (χ2n) is 3.20. The van der Waals surface area contributed by atoms with E-state index in [1.165, 1.54) is 0 Å². The fourth-order valence-electron chi connectivity index (χ4n) is 0.852. The molecule has 0 aliphatic carbocycles. The topological polar surface area (TPSA) is 55.8 Å². The number of hydrogen-bond donors (Lipinski definition) is 1. The maximum Gasteiger partial charge on any atom is 0.308 e. The number of esters is 1. The van der Waals surface area contributed by atoms with E-state index in [-0.39, 0.29) is 19.6 Å². The Hall–Kier alpha value is -0.680. The molecule has 0 aliphatic heterocycles. The van der Waals surface area contributed by atoms with Gasteiger partial charge in [-0.15, -0.1) is 0 Å². The predicted molar refractivity (Wildman–Crippen MR) is 53.3 cm³/mol. The number of rotatable bonds is 9. The van der Waals surface area contributed by atoms with E-state index in [0.717, 1.165) is 12.8 Å². The molecule has 0 aromatic rings. The average Bonchev–Trinajstić information content (AvgIpc) is 2.22. The lowest BCUT2D eigenvalue weighted by atomic mass is 10.3. The van der Waals surface area contributed by atoms with E-state index in [2.05, 4.69) is 4.74 Å². The number of ether oxygens (including phenoxy) is 2. The van der Waals surface area contributed by atoms with Crippen LogP contribution in [0.25, 0.3) is 0 Å². The molecule has 1 unspecified atom stereocenters. The van der Waals surface area contributed by atoms with Gasteiger partial charge in [0.05, 0.1) is 19.7 Å². The summed E-state index contributed by atoms with van der Waals surface area (Å²) in [6, 6.07) is 0. The Balaban J connectivity index is 3.32. The van der Waals surface area contributed by atoms with Gasteiger partial charge >= 0.3 is 5.97 Å². The first-order chi connectivity index (χ1) is 7.20. The van der Waals surface area contributed by atoms with E-state index in [1.54, 1.807) is 0 Å². The van der Waals surface area contributed by atoms with Crippen LogP contribution in [0.2, 0.25) is 0 Å². The fraction of sp³-hybridized carbons (Fsp3) is 0.900. The predicted octanol–water partition coefficient (Wildman–Crippen LogP) is 1.07. The largest absolute Gasteiger partial charge is 0.463 e. The van der Waals surface area contributed by atoms with Gasteiger partial charge in [-0.25, -0.2) is 0 Å². The molecule has 0 bridgehead atoms. The van der Waals surface area contributed by atoms with E-state index in [4.69, 9.17) is 4.74 Å². The third-order valence-corrected chi connectivity index (χ3v) is 1.69. The molecule has 0 amide bonds. The molecule has 0 aromatic heterocycles. The lowest BCUT2D eigenvalue weighted by Gasteiger charge is -2.11. The van der Waals surface area contributed by atoms with Crippen LogP contribution in [0.3, 0.4) is 0 Å². The number of halogens is 1. The minimum absolute atomic E-state index is 0.134. The Labute approximate surface area is 89.4 Å². The van der Waals surface area contributed by atoms with Crippen LogP contribution in [-0.2, 0) is 14.3 Å². The highest BCUT2D eigenvalue weighted by atomic mass is 19.1. The summed E-state index contributed by atoms with van der Waals surface area (Å²) in [5, 5.41) is 9.27. The maximum absolute atomic E-state index is 11.7.